The third-order valence-electron chi connectivity index (χ3n) is 9.46. The van der Waals surface area contributed by atoms with Crippen LogP contribution in [0.2, 0.25) is 0 Å². The van der Waals surface area contributed by atoms with Crippen molar-refractivity contribution in [2.45, 2.75) is 0 Å². The molecular weight excluding hydrogens is 486 g/mol. The van der Waals surface area contributed by atoms with Gasteiger partial charge in [-0.25, -0.2) is 0 Å². The van der Waals surface area contributed by atoms with Crippen LogP contribution in [0.15, 0.2) is 115 Å². The van der Waals surface area contributed by atoms with Crippen molar-refractivity contribution in [3.05, 3.63) is 115 Å². The van der Waals surface area contributed by atoms with E-state index < -0.39 is 0 Å². The number of rotatable bonds is 3. The van der Waals surface area contributed by atoms with Gasteiger partial charge in [-0.15, -0.1) is 16.4 Å². The van der Waals surface area contributed by atoms with Crippen molar-refractivity contribution in [2.75, 3.05) is 0 Å². The van der Waals surface area contributed by atoms with Crippen LogP contribution in [0.25, 0.3) is 65.7 Å². The van der Waals surface area contributed by atoms with Gasteiger partial charge in [0.05, 0.1) is 0 Å². The summed E-state index contributed by atoms with van der Waals surface area (Å²) < 4.78 is 0. The van der Waals surface area contributed by atoms with Crippen LogP contribution in [0.4, 0.5) is 0 Å². The Labute approximate surface area is 246 Å². The SMILES string of the molecule is Bc1c(B)c(B)c(-c2c3ccccc3c(-c3ccc(-c4cccc5ccccc45)cc3)c3ccccc23)c(B)c1B. The quantitative estimate of drug-likeness (QED) is 0.247. The standard InChI is InChI=1S/C36H29B5/c37-32-31(33(38)35(40)36(41)34(32)39)30-27-13-5-3-11-25(27)29(26-12-4-6-14-28(26)30)22-18-16-21(17-19-22)24-15-7-9-20-8-1-2-10-23(20)24/h1-19H,37-41H2. The molecule has 0 aliphatic heterocycles. The van der Waals surface area contributed by atoms with Crippen molar-refractivity contribution in [3.63, 3.8) is 0 Å². The zero-order valence-corrected chi connectivity index (χ0v) is 24.5. The molecule has 0 bridgehead atoms. The van der Waals surface area contributed by atoms with Crippen molar-refractivity contribution < 1.29 is 0 Å². The van der Waals surface area contributed by atoms with Gasteiger partial charge in [0, 0.05) is 0 Å². The molecule has 7 rings (SSSR count). The van der Waals surface area contributed by atoms with E-state index in [2.05, 4.69) is 154 Å². The lowest BCUT2D eigenvalue weighted by atomic mass is 9.59. The Morgan fingerprint density at radius 3 is 1.27 bits per heavy atom. The third-order valence-corrected chi connectivity index (χ3v) is 9.46. The van der Waals surface area contributed by atoms with Crippen LogP contribution in [0.5, 0.6) is 0 Å². The summed E-state index contributed by atoms with van der Waals surface area (Å²) in [6.07, 6.45) is 0. The fraction of sp³-hybridized carbons (Fsp3) is 0. The molecule has 0 N–H and O–H groups in total. The maximum absolute atomic E-state index is 2.31. The van der Waals surface area contributed by atoms with Crippen molar-refractivity contribution in [1.29, 1.82) is 0 Å². The zero-order chi connectivity index (χ0) is 28.2. The average molecular weight is 516 g/mol. The van der Waals surface area contributed by atoms with Crippen LogP contribution in [-0.4, -0.2) is 39.2 Å². The second-order valence-electron chi connectivity index (χ2n) is 11.4. The van der Waals surface area contributed by atoms with Crippen LogP contribution in [0, 0.1) is 0 Å². The first-order valence-electron chi connectivity index (χ1n) is 14.5. The lowest BCUT2D eigenvalue weighted by Crippen LogP contribution is -2.55. The molecule has 0 aromatic heterocycles. The van der Waals surface area contributed by atoms with Gasteiger partial charge in [0.25, 0.3) is 0 Å². The van der Waals surface area contributed by atoms with Crippen molar-refractivity contribution >= 4 is 98.9 Å². The smallest absolute Gasteiger partial charge is 0.102 e. The summed E-state index contributed by atoms with van der Waals surface area (Å²) in [6.45, 7) is 0. The minimum absolute atomic E-state index is 1.24. The van der Waals surface area contributed by atoms with E-state index in [9.17, 15) is 0 Å². The fourth-order valence-corrected chi connectivity index (χ4v) is 6.88. The van der Waals surface area contributed by atoms with Gasteiger partial charge in [-0.2, -0.15) is 0 Å². The summed E-state index contributed by atoms with van der Waals surface area (Å²) in [5.41, 5.74) is 14.8. The largest absolute Gasteiger partial charge is 0.139 e. The fourth-order valence-electron chi connectivity index (χ4n) is 6.88. The first kappa shape index (κ1) is 25.6. The van der Waals surface area contributed by atoms with Gasteiger partial charge in [-0.05, 0) is 65.7 Å². The first-order valence-corrected chi connectivity index (χ1v) is 14.5. The molecule has 0 aliphatic carbocycles. The molecule has 0 saturated heterocycles. The molecule has 7 aromatic carbocycles. The molecule has 0 amide bonds. The van der Waals surface area contributed by atoms with Crippen molar-refractivity contribution in [3.8, 4) is 33.4 Å². The Morgan fingerprint density at radius 2 is 0.707 bits per heavy atom. The molecule has 0 atom stereocenters. The van der Waals surface area contributed by atoms with E-state index in [0.29, 0.717) is 0 Å². The Balaban J connectivity index is 1.51. The molecular formula is C36H29B5. The topological polar surface area (TPSA) is 0 Å². The van der Waals surface area contributed by atoms with Gasteiger partial charge < -0.3 is 0 Å². The van der Waals surface area contributed by atoms with E-state index >= 15 is 0 Å². The number of fused-ring (bicyclic) bond motifs is 3. The van der Waals surface area contributed by atoms with Crippen LogP contribution >= 0.6 is 0 Å². The van der Waals surface area contributed by atoms with Crippen LogP contribution in [-0.2, 0) is 0 Å². The van der Waals surface area contributed by atoms with E-state index in [-0.39, 0.29) is 0 Å². The number of benzene rings is 7. The molecule has 0 radical (unpaired) electrons. The Bertz CT molecular complexity index is 2050. The van der Waals surface area contributed by atoms with E-state index in [1.165, 1.54) is 93.0 Å². The lowest BCUT2D eigenvalue weighted by Gasteiger charge is -2.24. The highest BCUT2D eigenvalue weighted by molar-refractivity contribution is 6.69. The average Bonchev–Trinajstić information content (AvgIpc) is 3.02. The van der Waals surface area contributed by atoms with Gasteiger partial charge >= 0.3 is 0 Å². The lowest BCUT2D eigenvalue weighted by molar-refractivity contribution is 1.63. The number of hydrogen-bond donors (Lipinski definition) is 0. The minimum atomic E-state index is 1.24. The van der Waals surface area contributed by atoms with Gasteiger partial charge in [0.2, 0.25) is 0 Å². The molecule has 5 heteroatoms. The molecule has 188 valence electrons. The molecule has 0 fully saturated rings. The van der Waals surface area contributed by atoms with Gasteiger partial charge in [0.1, 0.15) is 39.2 Å². The summed E-state index contributed by atoms with van der Waals surface area (Å²) in [7, 11) is 11.4. The summed E-state index contributed by atoms with van der Waals surface area (Å²) >= 11 is 0. The van der Waals surface area contributed by atoms with Crippen molar-refractivity contribution in [2.24, 2.45) is 0 Å². The highest BCUT2D eigenvalue weighted by atomic mass is 14.2. The van der Waals surface area contributed by atoms with E-state index in [1.807, 2.05) is 0 Å². The van der Waals surface area contributed by atoms with Crippen molar-refractivity contribution in [1.82, 2.24) is 0 Å². The molecule has 7 aromatic rings. The second kappa shape index (κ2) is 9.93. The predicted octanol–water partition coefficient (Wildman–Crippen LogP) is 1.44. The van der Waals surface area contributed by atoms with Gasteiger partial charge in [-0.1, -0.05) is 126 Å². The maximum atomic E-state index is 2.31. The highest BCUT2D eigenvalue weighted by Crippen LogP contribution is 2.43. The Kier molecular flexibility index (Phi) is 6.20. The molecule has 0 heterocycles. The monoisotopic (exact) mass is 516 g/mol. The molecule has 41 heavy (non-hydrogen) atoms. The third kappa shape index (κ3) is 3.98. The van der Waals surface area contributed by atoms with Gasteiger partial charge in [0.15, 0.2) is 0 Å². The summed E-state index contributed by atoms with van der Waals surface area (Å²) in [6, 6.07) is 42.4. The predicted molar refractivity (Wildman–Crippen MR) is 196 cm³/mol. The Hall–Kier alpha value is -4.36. The van der Waals surface area contributed by atoms with Crippen LogP contribution in [0.1, 0.15) is 0 Å². The second-order valence-corrected chi connectivity index (χ2v) is 11.4. The maximum Gasteiger partial charge on any atom is 0.139 e. The van der Waals surface area contributed by atoms with E-state index in [0.717, 1.165) is 0 Å². The molecule has 0 nitrogen and oxygen atoms in total. The summed E-state index contributed by atoms with van der Waals surface area (Å²) in [5.74, 6) is 0. The summed E-state index contributed by atoms with van der Waals surface area (Å²) in [5, 5.41) is 7.79. The van der Waals surface area contributed by atoms with Gasteiger partial charge in [-0.3, -0.25) is 0 Å². The molecule has 0 spiro atoms. The molecule has 0 unspecified atom stereocenters. The summed E-state index contributed by atoms with van der Waals surface area (Å²) in [4.78, 5) is 0. The molecule has 0 saturated carbocycles. The van der Waals surface area contributed by atoms with Crippen LogP contribution in [0.3, 0.4) is 0 Å². The van der Waals surface area contributed by atoms with E-state index in [4.69, 9.17) is 0 Å². The Morgan fingerprint density at radius 1 is 0.293 bits per heavy atom. The number of hydrogen-bond acceptors (Lipinski definition) is 0. The normalized spacial score (nSPS) is 11.4. The zero-order valence-electron chi connectivity index (χ0n) is 24.5. The minimum Gasteiger partial charge on any atom is -0.102 e. The highest BCUT2D eigenvalue weighted by Gasteiger charge is 2.20. The molecule has 0 aliphatic rings. The van der Waals surface area contributed by atoms with E-state index in [1.54, 1.807) is 0 Å². The first-order chi connectivity index (χ1) is 20.0. The van der Waals surface area contributed by atoms with Crippen LogP contribution < -0.4 is 27.3 Å².